The Morgan fingerprint density at radius 3 is 2.61 bits per heavy atom. The zero-order chi connectivity index (χ0) is 16.4. The Morgan fingerprint density at radius 1 is 1.13 bits per heavy atom. The second kappa shape index (κ2) is 6.21. The molecule has 0 spiro atoms. The topological polar surface area (TPSA) is 77.8 Å². The van der Waals surface area contributed by atoms with E-state index in [0.717, 1.165) is 17.3 Å². The van der Waals surface area contributed by atoms with Crippen molar-refractivity contribution in [1.82, 2.24) is 5.32 Å². The largest absolute Gasteiger partial charge is 0.497 e. The molecule has 7 heteroatoms. The van der Waals surface area contributed by atoms with Gasteiger partial charge < -0.3 is 13.9 Å². The monoisotopic (exact) mass is 331 g/mol. The van der Waals surface area contributed by atoms with Gasteiger partial charge in [-0.2, -0.15) is 0 Å². The van der Waals surface area contributed by atoms with E-state index in [1.165, 1.54) is 6.08 Å². The number of rotatable bonds is 4. The van der Waals surface area contributed by atoms with E-state index in [1.54, 1.807) is 44.6 Å². The van der Waals surface area contributed by atoms with Crippen molar-refractivity contribution in [1.29, 1.82) is 0 Å². The van der Waals surface area contributed by atoms with Crippen LogP contribution in [0.3, 0.4) is 0 Å². The van der Waals surface area contributed by atoms with E-state index < -0.39 is 5.91 Å². The molecule has 0 aliphatic carbocycles. The van der Waals surface area contributed by atoms with Crippen LogP contribution in [0.25, 0.3) is 17.4 Å². The Hall–Kier alpha value is -2.67. The predicted octanol–water partition coefficient (Wildman–Crippen LogP) is 3.29. The first kappa shape index (κ1) is 15.2. The molecular weight excluding hydrogens is 318 g/mol. The maximum Gasteiger partial charge on any atom is 0.290 e. The number of carbonyl (C=O) groups is 2. The van der Waals surface area contributed by atoms with E-state index in [9.17, 15) is 9.59 Å². The summed E-state index contributed by atoms with van der Waals surface area (Å²) >= 11 is 0.844. The number of benzene rings is 1. The molecule has 0 saturated carbocycles. The van der Waals surface area contributed by atoms with Crippen molar-refractivity contribution in [2.24, 2.45) is 0 Å². The third kappa shape index (κ3) is 3.09. The van der Waals surface area contributed by atoms with Crippen molar-refractivity contribution in [3.05, 3.63) is 41.0 Å². The van der Waals surface area contributed by atoms with E-state index in [2.05, 4.69) is 5.32 Å². The van der Waals surface area contributed by atoms with Crippen molar-refractivity contribution in [3.63, 3.8) is 0 Å². The fraction of sp³-hybridized carbons (Fsp3) is 0.125. The number of imide groups is 1. The molecule has 1 fully saturated rings. The van der Waals surface area contributed by atoms with Gasteiger partial charge in [-0.3, -0.25) is 14.9 Å². The molecule has 23 heavy (non-hydrogen) atoms. The van der Waals surface area contributed by atoms with Crippen molar-refractivity contribution in [2.45, 2.75) is 0 Å². The number of hydrogen-bond acceptors (Lipinski definition) is 6. The quantitative estimate of drug-likeness (QED) is 0.866. The van der Waals surface area contributed by atoms with Gasteiger partial charge in [0.1, 0.15) is 23.0 Å². The fourth-order valence-corrected chi connectivity index (χ4v) is 2.79. The van der Waals surface area contributed by atoms with E-state index in [0.29, 0.717) is 27.9 Å². The molecular formula is C16H13NO5S. The molecule has 0 radical (unpaired) electrons. The molecule has 1 aromatic carbocycles. The van der Waals surface area contributed by atoms with Gasteiger partial charge >= 0.3 is 0 Å². The SMILES string of the molecule is COc1ccc(OC)c(-c2ccc(/C=C3/SC(=O)NC3=O)o2)c1. The molecule has 1 saturated heterocycles. The Bertz CT molecular complexity index is 809. The zero-order valence-corrected chi connectivity index (χ0v) is 13.2. The molecule has 3 rings (SSSR count). The summed E-state index contributed by atoms with van der Waals surface area (Å²) in [6, 6.07) is 8.86. The molecule has 0 bridgehead atoms. The van der Waals surface area contributed by atoms with Crippen molar-refractivity contribution >= 4 is 29.0 Å². The fourth-order valence-electron chi connectivity index (χ4n) is 2.13. The Labute approximate surface area is 136 Å². The highest BCUT2D eigenvalue weighted by Gasteiger charge is 2.25. The molecule has 118 valence electrons. The van der Waals surface area contributed by atoms with Crippen LogP contribution < -0.4 is 14.8 Å². The van der Waals surface area contributed by atoms with Crippen LogP contribution in [-0.4, -0.2) is 25.4 Å². The summed E-state index contributed by atoms with van der Waals surface area (Å²) in [5, 5.41) is 1.81. The van der Waals surface area contributed by atoms with Crippen LogP contribution in [0.4, 0.5) is 4.79 Å². The van der Waals surface area contributed by atoms with Crippen LogP contribution in [0, 0.1) is 0 Å². The normalized spacial score (nSPS) is 15.8. The van der Waals surface area contributed by atoms with Gasteiger partial charge in [0.05, 0.1) is 24.7 Å². The van der Waals surface area contributed by atoms with Gasteiger partial charge in [-0.1, -0.05) is 0 Å². The van der Waals surface area contributed by atoms with E-state index in [1.807, 2.05) is 0 Å². The summed E-state index contributed by atoms with van der Waals surface area (Å²) in [5.41, 5.74) is 0.733. The van der Waals surface area contributed by atoms with E-state index >= 15 is 0 Å². The minimum atomic E-state index is -0.420. The number of nitrogens with one attached hydrogen (secondary N) is 1. The highest BCUT2D eigenvalue weighted by Crippen LogP contribution is 2.35. The van der Waals surface area contributed by atoms with Gasteiger partial charge in [0.15, 0.2) is 0 Å². The van der Waals surface area contributed by atoms with Crippen LogP contribution in [0.15, 0.2) is 39.7 Å². The molecule has 1 aromatic heterocycles. The second-order valence-corrected chi connectivity index (χ2v) is 5.64. The first-order valence-electron chi connectivity index (χ1n) is 6.68. The minimum absolute atomic E-state index is 0.300. The number of methoxy groups -OCH3 is 2. The smallest absolute Gasteiger partial charge is 0.290 e. The lowest BCUT2D eigenvalue weighted by Crippen LogP contribution is -2.17. The number of carbonyl (C=O) groups excluding carboxylic acids is 2. The highest BCUT2D eigenvalue weighted by molar-refractivity contribution is 8.18. The molecule has 2 aromatic rings. The molecule has 2 heterocycles. The lowest BCUT2D eigenvalue weighted by Gasteiger charge is -2.08. The minimum Gasteiger partial charge on any atom is -0.497 e. The second-order valence-electron chi connectivity index (χ2n) is 4.62. The van der Waals surface area contributed by atoms with Crippen LogP contribution >= 0.6 is 11.8 Å². The van der Waals surface area contributed by atoms with Crippen LogP contribution in [0.2, 0.25) is 0 Å². The molecule has 6 nitrogen and oxygen atoms in total. The van der Waals surface area contributed by atoms with Gasteiger partial charge in [-0.25, -0.2) is 0 Å². The van der Waals surface area contributed by atoms with Crippen molar-refractivity contribution in [2.75, 3.05) is 14.2 Å². The standard InChI is InChI=1S/C16H13NO5S/c1-20-9-3-5-12(21-2)11(7-9)13-6-4-10(22-13)8-14-15(18)17-16(19)23-14/h3-8H,1-2H3,(H,17,18,19)/b14-8+. The first-order valence-corrected chi connectivity index (χ1v) is 7.49. The van der Waals surface area contributed by atoms with Crippen molar-refractivity contribution < 1.29 is 23.5 Å². The average molecular weight is 331 g/mol. The van der Waals surface area contributed by atoms with Crippen LogP contribution in [0.5, 0.6) is 11.5 Å². The third-order valence-electron chi connectivity index (χ3n) is 3.21. The van der Waals surface area contributed by atoms with Gasteiger partial charge in [0.25, 0.3) is 11.1 Å². The average Bonchev–Trinajstić information content (AvgIpc) is 3.13. The summed E-state index contributed by atoms with van der Waals surface area (Å²) in [4.78, 5) is 23.0. The summed E-state index contributed by atoms with van der Waals surface area (Å²) in [5.74, 6) is 1.94. The lowest BCUT2D eigenvalue weighted by atomic mass is 10.1. The molecule has 1 aliphatic heterocycles. The maximum absolute atomic E-state index is 11.6. The predicted molar refractivity (Wildman–Crippen MR) is 86.4 cm³/mol. The number of hydrogen-bond donors (Lipinski definition) is 1. The van der Waals surface area contributed by atoms with Crippen molar-refractivity contribution in [3.8, 4) is 22.8 Å². The summed E-state index contributed by atoms with van der Waals surface area (Å²) in [6.45, 7) is 0. The summed E-state index contributed by atoms with van der Waals surface area (Å²) in [7, 11) is 3.15. The summed E-state index contributed by atoms with van der Waals surface area (Å²) in [6.07, 6.45) is 1.53. The van der Waals surface area contributed by atoms with Gasteiger partial charge in [-0.15, -0.1) is 0 Å². The lowest BCUT2D eigenvalue weighted by molar-refractivity contribution is -0.115. The Kier molecular flexibility index (Phi) is 4.12. The third-order valence-corrected chi connectivity index (χ3v) is 4.02. The van der Waals surface area contributed by atoms with Gasteiger partial charge in [0, 0.05) is 6.08 Å². The molecule has 0 atom stereocenters. The number of ether oxygens (including phenoxy) is 2. The number of furan rings is 1. The van der Waals surface area contributed by atoms with Gasteiger partial charge in [0.2, 0.25) is 0 Å². The Morgan fingerprint density at radius 2 is 1.96 bits per heavy atom. The summed E-state index contributed by atoms with van der Waals surface area (Å²) < 4.78 is 16.3. The molecule has 1 N–H and O–H groups in total. The molecule has 0 unspecified atom stereocenters. The number of amides is 2. The van der Waals surface area contributed by atoms with E-state index in [4.69, 9.17) is 13.9 Å². The molecule has 1 aliphatic rings. The van der Waals surface area contributed by atoms with Gasteiger partial charge in [-0.05, 0) is 42.1 Å². The first-order chi connectivity index (χ1) is 11.1. The number of thioether (sulfide) groups is 1. The van der Waals surface area contributed by atoms with Crippen LogP contribution in [-0.2, 0) is 4.79 Å². The maximum atomic E-state index is 11.6. The molecule has 2 amide bonds. The van der Waals surface area contributed by atoms with E-state index in [-0.39, 0.29) is 5.24 Å². The highest BCUT2D eigenvalue weighted by atomic mass is 32.2. The zero-order valence-electron chi connectivity index (χ0n) is 12.4. The van der Waals surface area contributed by atoms with Crippen LogP contribution in [0.1, 0.15) is 5.76 Å². The Balaban J connectivity index is 1.95.